The summed E-state index contributed by atoms with van der Waals surface area (Å²) in [6, 6.07) is 18.7. The molecule has 0 radical (unpaired) electrons. The van der Waals surface area contributed by atoms with E-state index in [2.05, 4.69) is 19.2 Å². The first-order valence-electron chi connectivity index (χ1n) is 15.5. The highest BCUT2D eigenvalue weighted by Gasteiger charge is 2.34. The van der Waals surface area contributed by atoms with Crippen molar-refractivity contribution in [2.24, 2.45) is 0 Å². The molecule has 44 heavy (non-hydrogen) atoms. The van der Waals surface area contributed by atoms with Crippen LogP contribution in [0, 0.1) is 12.7 Å². The monoisotopic (exact) mass is 621 g/mol. The molecule has 0 bridgehead atoms. The minimum absolute atomic E-state index is 0.0282. The molecule has 1 fully saturated rings. The Balaban J connectivity index is 1.71. The minimum atomic E-state index is -4.15. The number of nitrogens with zero attached hydrogens (tertiary/aromatic N) is 2. The molecule has 0 heterocycles. The number of rotatable bonds is 12. The quantitative estimate of drug-likeness (QED) is 0.244. The van der Waals surface area contributed by atoms with Crippen LogP contribution in [-0.4, -0.2) is 43.8 Å². The zero-order valence-corrected chi connectivity index (χ0v) is 26.9. The minimum Gasteiger partial charge on any atom is -0.352 e. The average molecular weight is 622 g/mol. The number of hydrogen-bond donors (Lipinski definition) is 1. The molecule has 9 heteroatoms. The van der Waals surface area contributed by atoms with Crippen molar-refractivity contribution >= 4 is 27.5 Å². The summed E-state index contributed by atoms with van der Waals surface area (Å²) in [5.41, 5.74) is 2.94. The maximum absolute atomic E-state index is 14.3. The Morgan fingerprint density at radius 2 is 1.52 bits per heavy atom. The number of sulfonamides is 1. The van der Waals surface area contributed by atoms with E-state index < -0.39 is 34.3 Å². The Morgan fingerprint density at radius 3 is 2.09 bits per heavy atom. The van der Waals surface area contributed by atoms with Crippen LogP contribution in [-0.2, 0) is 26.2 Å². The molecule has 7 nitrogen and oxygen atoms in total. The summed E-state index contributed by atoms with van der Waals surface area (Å²) in [6.45, 7) is 7.33. The molecule has 0 spiro atoms. The Bertz CT molecular complexity index is 1500. The Kier molecular flexibility index (Phi) is 11.2. The lowest BCUT2D eigenvalue weighted by molar-refractivity contribution is -0.140. The van der Waals surface area contributed by atoms with Gasteiger partial charge in [0.05, 0.1) is 10.6 Å². The molecule has 1 aliphatic carbocycles. The normalized spacial score (nSPS) is 14.7. The van der Waals surface area contributed by atoms with Gasteiger partial charge in [-0.25, -0.2) is 12.8 Å². The smallest absolute Gasteiger partial charge is 0.264 e. The molecule has 1 unspecified atom stereocenters. The van der Waals surface area contributed by atoms with Gasteiger partial charge in [0.1, 0.15) is 18.4 Å². The van der Waals surface area contributed by atoms with Gasteiger partial charge >= 0.3 is 0 Å². The predicted molar refractivity (Wildman–Crippen MR) is 172 cm³/mol. The zero-order chi connectivity index (χ0) is 31.9. The van der Waals surface area contributed by atoms with Crippen molar-refractivity contribution in [2.75, 3.05) is 10.8 Å². The predicted octanol–water partition coefficient (Wildman–Crippen LogP) is 6.71. The number of nitrogens with one attached hydrogen (secondary N) is 1. The summed E-state index contributed by atoms with van der Waals surface area (Å²) in [5, 5.41) is 3.14. The molecule has 0 aromatic heterocycles. The number of carbonyl (C=O) groups is 2. The number of amides is 2. The van der Waals surface area contributed by atoms with Crippen LogP contribution in [0.3, 0.4) is 0 Å². The van der Waals surface area contributed by atoms with Gasteiger partial charge in [0, 0.05) is 12.6 Å². The Labute approximate surface area is 261 Å². The fraction of sp³-hybridized carbons (Fsp3) is 0.429. The summed E-state index contributed by atoms with van der Waals surface area (Å²) in [4.78, 5) is 29.4. The second kappa shape index (κ2) is 14.8. The van der Waals surface area contributed by atoms with Crippen LogP contribution in [0.2, 0.25) is 0 Å². The number of hydrogen-bond acceptors (Lipinski definition) is 4. The highest BCUT2D eigenvalue weighted by molar-refractivity contribution is 7.92. The van der Waals surface area contributed by atoms with E-state index >= 15 is 0 Å². The van der Waals surface area contributed by atoms with Gasteiger partial charge in [-0.1, -0.05) is 82.0 Å². The van der Waals surface area contributed by atoms with Gasteiger partial charge in [-0.15, -0.1) is 0 Å². The number of aryl methyl sites for hydroxylation is 1. The fourth-order valence-corrected chi connectivity index (χ4v) is 7.06. The molecule has 3 aromatic carbocycles. The number of anilines is 1. The SMILES string of the molecule is CCC(C(=O)NC1CCCCC1)N(Cc1ccc(F)cc1)C(=O)CN(c1ccc(C(C)C)cc1)S(=O)(=O)c1ccc(C)cc1. The topological polar surface area (TPSA) is 86.8 Å². The van der Waals surface area contributed by atoms with Gasteiger partial charge in [0.25, 0.3) is 10.0 Å². The van der Waals surface area contributed by atoms with Gasteiger partial charge < -0.3 is 10.2 Å². The number of benzene rings is 3. The highest BCUT2D eigenvalue weighted by Crippen LogP contribution is 2.27. The van der Waals surface area contributed by atoms with Crippen molar-refractivity contribution in [3.05, 3.63) is 95.3 Å². The Hall–Kier alpha value is -3.72. The van der Waals surface area contributed by atoms with Crippen LogP contribution in [0.15, 0.2) is 77.7 Å². The first-order valence-corrected chi connectivity index (χ1v) is 17.0. The van der Waals surface area contributed by atoms with Crippen LogP contribution in [0.25, 0.3) is 0 Å². The summed E-state index contributed by atoms with van der Waals surface area (Å²) in [7, 11) is -4.15. The third kappa shape index (κ3) is 8.25. The highest BCUT2D eigenvalue weighted by atomic mass is 32.2. The maximum atomic E-state index is 14.3. The summed E-state index contributed by atoms with van der Waals surface area (Å²) in [5.74, 6) is -0.950. The van der Waals surface area contributed by atoms with Crippen LogP contribution in [0.5, 0.6) is 0 Å². The van der Waals surface area contributed by atoms with E-state index in [0.29, 0.717) is 17.7 Å². The molecular formula is C35H44FN3O4S. The largest absolute Gasteiger partial charge is 0.352 e. The van der Waals surface area contributed by atoms with Gasteiger partial charge in [0.15, 0.2) is 0 Å². The van der Waals surface area contributed by atoms with Crippen molar-refractivity contribution < 1.29 is 22.4 Å². The lowest BCUT2D eigenvalue weighted by Crippen LogP contribution is -2.54. The number of carbonyl (C=O) groups excluding carboxylic acids is 2. The molecule has 1 saturated carbocycles. The average Bonchev–Trinajstić information content (AvgIpc) is 3.01. The van der Waals surface area contributed by atoms with Crippen molar-refractivity contribution in [1.82, 2.24) is 10.2 Å². The fourth-order valence-electron chi connectivity index (χ4n) is 5.64. The third-order valence-corrected chi connectivity index (χ3v) is 10.1. The molecule has 0 aliphatic heterocycles. The van der Waals surface area contributed by atoms with Crippen molar-refractivity contribution in [3.63, 3.8) is 0 Å². The van der Waals surface area contributed by atoms with E-state index in [-0.39, 0.29) is 29.3 Å². The van der Waals surface area contributed by atoms with E-state index in [1.54, 1.807) is 36.4 Å². The van der Waals surface area contributed by atoms with Crippen molar-refractivity contribution in [2.45, 2.75) is 95.7 Å². The van der Waals surface area contributed by atoms with E-state index in [0.717, 1.165) is 47.5 Å². The molecular weight excluding hydrogens is 577 g/mol. The molecule has 3 aromatic rings. The van der Waals surface area contributed by atoms with E-state index in [9.17, 15) is 22.4 Å². The third-order valence-electron chi connectivity index (χ3n) is 8.34. The summed E-state index contributed by atoms with van der Waals surface area (Å²) in [6.07, 6.45) is 5.34. The summed E-state index contributed by atoms with van der Waals surface area (Å²) >= 11 is 0. The first kappa shape index (κ1) is 33.2. The molecule has 4 rings (SSSR count). The van der Waals surface area contributed by atoms with Crippen LogP contribution in [0.4, 0.5) is 10.1 Å². The molecule has 1 N–H and O–H groups in total. The van der Waals surface area contributed by atoms with Crippen LogP contribution in [0.1, 0.15) is 81.9 Å². The molecule has 2 amide bonds. The van der Waals surface area contributed by atoms with Crippen LogP contribution >= 0.6 is 0 Å². The van der Waals surface area contributed by atoms with Gasteiger partial charge in [-0.2, -0.15) is 0 Å². The molecule has 1 aliphatic rings. The zero-order valence-electron chi connectivity index (χ0n) is 26.1. The molecule has 0 saturated heterocycles. The van der Waals surface area contributed by atoms with E-state index in [1.807, 2.05) is 26.0 Å². The molecule has 236 valence electrons. The van der Waals surface area contributed by atoms with Crippen LogP contribution < -0.4 is 9.62 Å². The van der Waals surface area contributed by atoms with Gasteiger partial charge in [-0.05, 0) is 79.6 Å². The van der Waals surface area contributed by atoms with Crippen molar-refractivity contribution in [3.8, 4) is 0 Å². The van der Waals surface area contributed by atoms with Gasteiger partial charge in [0.2, 0.25) is 11.8 Å². The van der Waals surface area contributed by atoms with Gasteiger partial charge in [-0.3, -0.25) is 13.9 Å². The molecule has 1 atom stereocenters. The number of halogens is 1. The summed E-state index contributed by atoms with van der Waals surface area (Å²) < 4.78 is 43.0. The lowest BCUT2D eigenvalue weighted by Gasteiger charge is -2.34. The van der Waals surface area contributed by atoms with E-state index in [1.165, 1.54) is 29.2 Å². The van der Waals surface area contributed by atoms with Crippen molar-refractivity contribution in [1.29, 1.82) is 0 Å². The lowest BCUT2D eigenvalue weighted by atomic mass is 9.95. The second-order valence-electron chi connectivity index (χ2n) is 12.0. The maximum Gasteiger partial charge on any atom is 0.264 e. The van der Waals surface area contributed by atoms with E-state index in [4.69, 9.17) is 0 Å². The second-order valence-corrected chi connectivity index (χ2v) is 13.8. The first-order chi connectivity index (χ1) is 21.0. The Morgan fingerprint density at radius 1 is 0.909 bits per heavy atom. The standard InChI is InChI=1S/C35H44FN3O4S/c1-5-33(35(41)37-30-9-7-6-8-10-30)38(23-27-13-17-29(36)18-14-27)34(40)24-39(31-19-15-28(16-20-31)25(2)3)44(42,43)32-21-11-26(4)12-22-32/h11-22,25,30,33H,5-10,23-24H2,1-4H3,(H,37,41).